The normalized spacial score (nSPS) is 11.4. The van der Waals surface area contributed by atoms with Crippen LogP contribution in [-0.4, -0.2) is 30.9 Å². The van der Waals surface area contributed by atoms with Crippen LogP contribution in [0.4, 0.5) is 5.69 Å². The van der Waals surface area contributed by atoms with Gasteiger partial charge in [-0.05, 0) is 58.4 Å². The Balaban J connectivity index is 2.09. The first kappa shape index (κ1) is 17.0. The van der Waals surface area contributed by atoms with Gasteiger partial charge in [-0.15, -0.1) is 0 Å². The highest BCUT2D eigenvalue weighted by Crippen LogP contribution is 2.27. The number of pyridine rings is 1. The van der Waals surface area contributed by atoms with Gasteiger partial charge in [0.25, 0.3) is 10.0 Å². The molecule has 0 saturated heterocycles. The zero-order valence-electron chi connectivity index (χ0n) is 12.2. The molecule has 1 N–H and O–H groups in total. The lowest BCUT2D eigenvalue weighted by atomic mass is 10.2. The van der Waals surface area contributed by atoms with Gasteiger partial charge in [-0.25, -0.2) is 9.78 Å². The third kappa shape index (κ3) is 3.21. The number of benzene rings is 1. The van der Waals surface area contributed by atoms with Gasteiger partial charge in [0, 0.05) is 9.77 Å². The number of nitrogens with zero attached hydrogens (tertiary/aromatic N) is 2. The lowest BCUT2D eigenvalue weighted by Crippen LogP contribution is -2.17. The molecule has 0 saturated carbocycles. The monoisotopic (exact) mass is 475 g/mol. The molecule has 0 bridgehead atoms. The molecule has 0 amide bonds. The summed E-state index contributed by atoms with van der Waals surface area (Å²) in [5.74, 6) is -0.632. The second kappa shape index (κ2) is 6.61. The van der Waals surface area contributed by atoms with Crippen LogP contribution in [0.15, 0.2) is 41.7 Å². The molecular formula is C14H10IN3O4S2. The summed E-state index contributed by atoms with van der Waals surface area (Å²) in [6.45, 7) is 0. The summed E-state index contributed by atoms with van der Waals surface area (Å²) < 4.78 is 38.1. The van der Waals surface area contributed by atoms with Crippen LogP contribution in [-0.2, 0) is 14.8 Å². The fourth-order valence-corrected chi connectivity index (χ4v) is 4.47. The smallest absolute Gasteiger partial charge is 0.339 e. The summed E-state index contributed by atoms with van der Waals surface area (Å²) in [5, 5.41) is 0.295. The Morgan fingerprint density at radius 2 is 2.12 bits per heavy atom. The standard InChI is InChI=1S/C14H10IN3O4S2/c1-22-14(19)9-3-2-8(15)6-11(9)18-24(20,21)13-10-7-17-23-12(10)4-5-16-13/h2-7,18H,1H3. The van der Waals surface area contributed by atoms with E-state index in [-0.39, 0.29) is 16.3 Å². The summed E-state index contributed by atoms with van der Waals surface area (Å²) in [6.07, 6.45) is 2.86. The SMILES string of the molecule is COC(=O)c1ccc(I)cc1NS(=O)(=O)c1nccc2sncc12. The Morgan fingerprint density at radius 1 is 1.33 bits per heavy atom. The van der Waals surface area contributed by atoms with Crippen molar-refractivity contribution in [3.05, 3.63) is 45.8 Å². The topological polar surface area (TPSA) is 98.2 Å². The van der Waals surface area contributed by atoms with E-state index < -0.39 is 16.0 Å². The van der Waals surface area contributed by atoms with Gasteiger partial charge in [-0.2, -0.15) is 12.8 Å². The minimum atomic E-state index is -4.00. The van der Waals surface area contributed by atoms with Crippen LogP contribution in [0.1, 0.15) is 10.4 Å². The Kier molecular flexibility index (Phi) is 4.69. The van der Waals surface area contributed by atoms with Gasteiger partial charge >= 0.3 is 5.97 Å². The van der Waals surface area contributed by atoms with Gasteiger partial charge < -0.3 is 4.74 Å². The minimum absolute atomic E-state index is 0.122. The number of anilines is 1. The number of hydrogen-bond acceptors (Lipinski definition) is 7. The number of carbonyl (C=O) groups is 1. The van der Waals surface area contributed by atoms with Crippen LogP contribution in [0.5, 0.6) is 0 Å². The third-order valence-corrected chi connectivity index (χ3v) is 5.89. The second-order valence-corrected chi connectivity index (χ2v) is 8.32. The van der Waals surface area contributed by atoms with Crippen molar-refractivity contribution in [3.63, 3.8) is 0 Å². The summed E-state index contributed by atoms with van der Waals surface area (Å²) in [4.78, 5) is 15.8. The number of fused-ring (bicyclic) bond motifs is 1. The number of aromatic nitrogens is 2. The fourth-order valence-electron chi connectivity index (χ4n) is 2.07. The molecule has 0 spiro atoms. The third-order valence-electron chi connectivity index (χ3n) is 3.13. The van der Waals surface area contributed by atoms with Crippen molar-refractivity contribution in [3.8, 4) is 0 Å². The van der Waals surface area contributed by atoms with Crippen LogP contribution >= 0.6 is 34.1 Å². The predicted molar refractivity (Wildman–Crippen MR) is 98.7 cm³/mol. The Morgan fingerprint density at radius 3 is 2.88 bits per heavy atom. The number of rotatable bonds is 4. The van der Waals surface area contributed by atoms with E-state index in [1.807, 2.05) is 22.6 Å². The molecule has 0 unspecified atom stereocenters. The Bertz CT molecular complexity index is 1030. The van der Waals surface area contributed by atoms with Crippen LogP contribution in [0.3, 0.4) is 0 Å². The number of nitrogens with one attached hydrogen (secondary N) is 1. The molecule has 3 rings (SSSR count). The van der Waals surface area contributed by atoms with Crippen LogP contribution in [0.25, 0.3) is 10.1 Å². The molecule has 2 heterocycles. The summed E-state index contributed by atoms with van der Waals surface area (Å²) in [7, 11) is -2.76. The molecule has 0 aliphatic rings. The molecule has 0 aliphatic heterocycles. The predicted octanol–water partition coefficient (Wildman–Crippen LogP) is 2.88. The maximum absolute atomic E-state index is 12.7. The van der Waals surface area contributed by atoms with Gasteiger partial charge in [0.05, 0.1) is 34.6 Å². The number of carbonyl (C=O) groups excluding carboxylic acids is 1. The maximum Gasteiger partial charge on any atom is 0.339 e. The lowest BCUT2D eigenvalue weighted by molar-refractivity contribution is 0.0602. The Hall–Kier alpha value is -1.79. The largest absolute Gasteiger partial charge is 0.465 e. The van der Waals surface area contributed by atoms with Crippen molar-refractivity contribution in [1.29, 1.82) is 0 Å². The zero-order valence-corrected chi connectivity index (χ0v) is 16.0. The molecule has 0 aliphatic carbocycles. The highest BCUT2D eigenvalue weighted by Gasteiger charge is 2.23. The van der Waals surface area contributed by atoms with Gasteiger partial charge in [0.15, 0.2) is 5.03 Å². The highest BCUT2D eigenvalue weighted by atomic mass is 127. The second-order valence-electron chi connectivity index (χ2n) is 4.64. The molecule has 10 heteroatoms. The van der Waals surface area contributed by atoms with E-state index in [1.54, 1.807) is 18.2 Å². The first-order chi connectivity index (χ1) is 11.4. The van der Waals surface area contributed by atoms with E-state index in [4.69, 9.17) is 4.74 Å². The van der Waals surface area contributed by atoms with E-state index in [0.29, 0.717) is 10.1 Å². The Labute approximate surface area is 155 Å². The number of ether oxygens (including phenoxy) is 1. The number of esters is 1. The first-order valence-electron chi connectivity index (χ1n) is 6.52. The fraction of sp³-hybridized carbons (Fsp3) is 0.0714. The number of methoxy groups -OCH3 is 1. The van der Waals surface area contributed by atoms with Crippen molar-refractivity contribution in [2.75, 3.05) is 11.8 Å². The van der Waals surface area contributed by atoms with E-state index in [1.165, 1.54) is 37.1 Å². The number of hydrogen-bond donors (Lipinski definition) is 1. The van der Waals surface area contributed by atoms with Crippen molar-refractivity contribution in [1.82, 2.24) is 9.36 Å². The molecule has 0 atom stereocenters. The molecule has 2 aromatic heterocycles. The first-order valence-corrected chi connectivity index (χ1v) is 9.86. The van der Waals surface area contributed by atoms with Crippen molar-refractivity contribution >= 4 is 65.9 Å². The lowest BCUT2D eigenvalue weighted by Gasteiger charge is -2.12. The van der Waals surface area contributed by atoms with Crippen LogP contribution in [0.2, 0.25) is 0 Å². The van der Waals surface area contributed by atoms with Gasteiger partial charge in [-0.1, -0.05) is 0 Å². The average molecular weight is 475 g/mol. The highest BCUT2D eigenvalue weighted by molar-refractivity contribution is 14.1. The number of halogens is 1. The van der Waals surface area contributed by atoms with Crippen LogP contribution in [0, 0.1) is 3.57 Å². The molecule has 124 valence electrons. The molecule has 0 fully saturated rings. The van der Waals surface area contributed by atoms with E-state index in [2.05, 4.69) is 14.1 Å². The van der Waals surface area contributed by atoms with E-state index in [0.717, 1.165) is 3.57 Å². The van der Waals surface area contributed by atoms with Gasteiger partial charge in [-0.3, -0.25) is 4.72 Å². The average Bonchev–Trinajstić information content (AvgIpc) is 3.02. The summed E-state index contributed by atoms with van der Waals surface area (Å²) >= 11 is 3.21. The van der Waals surface area contributed by atoms with Crippen molar-refractivity contribution in [2.24, 2.45) is 0 Å². The van der Waals surface area contributed by atoms with Gasteiger partial charge in [0.1, 0.15) is 0 Å². The van der Waals surface area contributed by atoms with Crippen molar-refractivity contribution in [2.45, 2.75) is 5.03 Å². The maximum atomic E-state index is 12.7. The summed E-state index contributed by atoms with van der Waals surface area (Å²) in [5.41, 5.74) is 0.257. The molecule has 3 aromatic rings. The minimum Gasteiger partial charge on any atom is -0.465 e. The van der Waals surface area contributed by atoms with Gasteiger partial charge in [0.2, 0.25) is 0 Å². The zero-order chi connectivity index (χ0) is 17.3. The van der Waals surface area contributed by atoms with Crippen molar-refractivity contribution < 1.29 is 17.9 Å². The number of sulfonamides is 1. The molecule has 24 heavy (non-hydrogen) atoms. The van der Waals surface area contributed by atoms with Crippen LogP contribution < -0.4 is 4.72 Å². The summed E-state index contributed by atoms with van der Waals surface area (Å²) in [6, 6.07) is 6.44. The van der Waals surface area contributed by atoms with E-state index in [9.17, 15) is 13.2 Å². The molecule has 1 aromatic carbocycles. The quantitative estimate of drug-likeness (QED) is 0.461. The molecular weight excluding hydrogens is 465 g/mol. The molecule has 0 radical (unpaired) electrons. The molecule has 7 nitrogen and oxygen atoms in total. The van der Waals surface area contributed by atoms with E-state index >= 15 is 0 Å².